The van der Waals surface area contributed by atoms with Gasteiger partial charge in [0.05, 0.1) is 6.42 Å². The van der Waals surface area contributed by atoms with E-state index in [0.717, 1.165) is 11.1 Å². The van der Waals surface area contributed by atoms with Gasteiger partial charge < -0.3 is 14.6 Å². The van der Waals surface area contributed by atoms with E-state index in [9.17, 15) is 4.79 Å². The summed E-state index contributed by atoms with van der Waals surface area (Å²) in [7, 11) is 0. The molecule has 0 amide bonds. The number of carbonyl (C=O) groups is 1. The highest BCUT2D eigenvalue weighted by Crippen LogP contribution is 2.20. The molecule has 0 spiro atoms. The third-order valence-corrected chi connectivity index (χ3v) is 2.44. The fraction of sp³-hybridized carbons (Fsp3) is 0.417. The van der Waals surface area contributed by atoms with Crippen molar-refractivity contribution < 1.29 is 19.4 Å². The van der Waals surface area contributed by atoms with Crippen LogP contribution in [0.5, 0.6) is 0 Å². The minimum Gasteiger partial charge on any atom is -0.481 e. The lowest BCUT2D eigenvalue weighted by Gasteiger charge is -2.33. The molecule has 1 aromatic carbocycles. The zero-order valence-corrected chi connectivity index (χ0v) is 9.05. The van der Waals surface area contributed by atoms with E-state index in [2.05, 4.69) is 0 Å². The van der Waals surface area contributed by atoms with Gasteiger partial charge in [-0.3, -0.25) is 4.79 Å². The summed E-state index contributed by atoms with van der Waals surface area (Å²) >= 11 is 0. The number of ether oxygens (including phenoxy) is 2. The second-order valence-corrected chi connectivity index (χ2v) is 3.86. The van der Waals surface area contributed by atoms with E-state index in [1.54, 1.807) is 0 Å². The molecule has 16 heavy (non-hydrogen) atoms. The SMILES string of the molecule is CC1OC(Cc2cccc(CC(=O)O)c2)O1. The number of benzene rings is 1. The van der Waals surface area contributed by atoms with E-state index >= 15 is 0 Å². The summed E-state index contributed by atoms with van der Waals surface area (Å²) in [5.74, 6) is -0.818. The van der Waals surface area contributed by atoms with Crippen LogP contribution in [0.3, 0.4) is 0 Å². The Balaban J connectivity index is 1.96. The lowest BCUT2D eigenvalue weighted by atomic mass is 10.1. The Bertz CT molecular complexity index is 382. The molecule has 1 aliphatic heterocycles. The van der Waals surface area contributed by atoms with Crippen molar-refractivity contribution in [2.45, 2.75) is 32.3 Å². The molecular formula is C12H14O4. The van der Waals surface area contributed by atoms with Gasteiger partial charge in [-0.05, 0) is 18.1 Å². The Labute approximate surface area is 93.8 Å². The molecule has 1 N–H and O–H groups in total. The molecule has 0 unspecified atom stereocenters. The van der Waals surface area contributed by atoms with Gasteiger partial charge >= 0.3 is 5.97 Å². The van der Waals surface area contributed by atoms with Crippen molar-refractivity contribution >= 4 is 5.97 Å². The highest BCUT2D eigenvalue weighted by molar-refractivity contribution is 5.70. The monoisotopic (exact) mass is 222 g/mol. The van der Waals surface area contributed by atoms with Crippen molar-refractivity contribution in [3.8, 4) is 0 Å². The Morgan fingerprint density at radius 3 is 2.69 bits per heavy atom. The molecule has 0 radical (unpaired) electrons. The minimum atomic E-state index is -0.818. The van der Waals surface area contributed by atoms with Crippen molar-refractivity contribution in [3.63, 3.8) is 0 Å². The first-order valence-electron chi connectivity index (χ1n) is 5.24. The molecule has 0 aromatic heterocycles. The van der Waals surface area contributed by atoms with E-state index in [4.69, 9.17) is 14.6 Å². The number of hydrogen-bond donors (Lipinski definition) is 1. The molecule has 0 saturated carbocycles. The number of aliphatic carboxylic acids is 1. The summed E-state index contributed by atoms with van der Waals surface area (Å²) in [6.07, 6.45) is 0.413. The van der Waals surface area contributed by atoms with Crippen LogP contribution in [0, 0.1) is 0 Å². The maximum atomic E-state index is 10.6. The van der Waals surface area contributed by atoms with Gasteiger partial charge in [0.1, 0.15) is 0 Å². The van der Waals surface area contributed by atoms with Crippen molar-refractivity contribution in [3.05, 3.63) is 35.4 Å². The molecule has 0 atom stereocenters. The first kappa shape index (κ1) is 11.1. The van der Waals surface area contributed by atoms with Gasteiger partial charge in [0.25, 0.3) is 0 Å². The summed E-state index contributed by atoms with van der Waals surface area (Å²) in [4.78, 5) is 10.6. The van der Waals surface area contributed by atoms with Crippen LogP contribution in [0.25, 0.3) is 0 Å². The Morgan fingerprint density at radius 2 is 2.06 bits per heavy atom. The summed E-state index contributed by atoms with van der Waals surface area (Å²) in [5.41, 5.74) is 1.84. The quantitative estimate of drug-likeness (QED) is 0.840. The smallest absolute Gasteiger partial charge is 0.307 e. The average Bonchev–Trinajstić information content (AvgIpc) is 2.15. The molecule has 1 aliphatic rings. The predicted octanol–water partition coefficient (Wildman–Crippen LogP) is 1.58. The molecule has 86 valence electrons. The van der Waals surface area contributed by atoms with Crippen LogP contribution in [-0.4, -0.2) is 23.7 Å². The molecule has 1 fully saturated rings. The summed E-state index contributed by atoms with van der Waals surface area (Å²) < 4.78 is 10.7. The van der Waals surface area contributed by atoms with E-state index in [0.29, 0.717) is 6.42 Å². The summed E-state index contributed by atoms with van der Waals surface area (Å²) in [6, 6.07) is 7.49. The first-order chi connectivity index (χ1) is 7.63. The van der Waals surface area contributed by atoms with Gasteiger partial charge in [0.2, 0.25) is 0 Å². The first-order valence-corrected chi connectivity index (χ1v) is 5.24. The largest absolute Gasteiger partial charge is 0.481 e. The number of rotatable bonds is 4. The minimum absolute atomic E-state index is 0.0522. The van der Waals surface area contributed by atoms with Gasteiger partial charge in [-0.1, -0.05) is 24.3 Å². The summed E-state index contributed by atoms with van der Waals surface area (Å²) in [5, 5.41) is 8.68. The van der Waals surface area contributed by atoms with Crippen LogP contribution >= 0.6 is 0 Å². The number of hydrogen-bond acceptors (Lipinski definition) is 3. The molecule has 0 aliphatic carbocycles. The molecule has 1 heterocycles. The standard InChI is InChI=1S/C12H14O4/c1-8-15-12(16-8)7-10-4-2-3-9(5-10)6-11(13)14/h2-5,8,12H,6-7H2,1H3,(H,13,14). The topological polar surface area (TPSA) is 55.8 Å². The van der Waals surface area contributed by atoms with Gasteiger partial charge in [-0.25, -0.2) is 0 Å². The van der Waals surface area contributed by atoms with Crippen molar-refractivity contribution in [2.24, 2.45) is 0 Å². The Kier molecular flexibility index (Phi) is 3.22. The maximum absolute atomic E-state index is 10.6. The van der Waals surface area contributed by atoms with Crippen LogP contribution < -0.4 is 0 Å². The van der Waals surface area contributed by atoms with Crippen molar-refractivity contribution in [1.82, 2.24) is 0 Å². The summed E-state index contributed by atoms with van der Waals surface area (Å²) in [6.45, 7) is 1.84. The van der Waals surface area contributed by atoms with Crippen LogP contribution in [0.15, 0.2) is 24.3 Å². The molecule has 4 nitrogen and oxygen atoms in total. The fourth-order valence-electron chi connectivity index (χ4n) is 1.77. The Hall–Kier alpha value is -1.39. The van der Waals surface area contributed by atoms with E-state index < -0.39 is 5.97 Å². The van der Waals surface area contributed by atoms with E-state index in [1.165, 1.54) is 0 Å². The highest BCUT2D eigenvalue weighted by Gasteiger charge is 2.26. The Morgan fingerprint density at radius 1 is 1.38 bits per heavy atom. The maximum Gasteiger partial charge on any atom is 0.307 e. The molecule has 1 saturated heterocycles. The number of carboxylic acid groups (broad SMARTS) is 1. The highest BCUT2D eigenvalue weighted by atomic mass is 16.9. The molecule has 4 heteroatoms. The average molecular weight is 222 g/mol. The van der Waals surface area contributed by atoms with Gasteiger partial charge in [-0.2, -0.15) is 0 Å². The second kappa shape index (κ2) is 4.63. The van der Waals surface area contributed by atoms with Crippen molar-refractivity contribution in [1.29, 1.82) is 0 Å². The third kappa shape index (κ3) is 2.81. The number of carboxylic acids is 1. The van der Waals surface area contributed by atoms with E-state index in [1.807, 2.05) is 31.2 Å². The van der Waals surface area contributed by atoms with Gasteiger partial charge in [0.15, 0.2) is 12.6 Å². The van der Waals surface area contributed by atoms with Gasteiger partial charge in [-0.15, -0.1) is 0 Å². The van der Waals surface area contributed by atoms with Crippen LogP contribution in [-0.2, 0) is 27.1 Å². The predicted molar refractivity (Wildman–Crippen MR) is 56.9 cm³/mol. The normalized spacial score (nSPS) is 23.8. The molecule has 1 aromatic rings. The third-order valence-electron chi connectivity index (χ3n) is 2.44. The lowest BCUT2D eigenvalue weighted by molar-refractivity contribution is -0.374. The van der Waals surface area contributed by atoms with Crippen molar-refractivity contribution in [2.75, 3.05) is 0 Å². The zero-order valence-electron chi connectivity index (χ0n) is 9.05. The van der Waals surface area contributed by atoms with Crippen LogP contribution in [0.4, 0.5) is 0 Å². The molecular weight excluding hydrogens is 208 g/mol. The molecule has 0 bridgehead atoms. The molecule has 2 rings (SSSR count). The van der Waals surface area contributed by atoms with Crippen LogP contribution in [0.1, 0.15) is 18.1 Å². The fourth-order valence-corrected chi connectivity index (χ4v) is 1.77. The van der Waals surface area contributed by atoms with Gasteiger partial charge in [0, 0.05) is 6.42 Å². The van der Waals surface area contributed by atoms with Crippen LogP contribution in [0.2, 0.25) is 0 Å². The van der Waals surface area contributed by atoms with E-state index in [-0.39, 0.29) is 19.0 Å². The second-order valence-electron chi connectivity index (χ2n) is 3.86. The zero-order chi connectivity index (χ0) is 11.5. The lowest BCUT2D eigenvalue weighted by Crippen LogP contribution is -2.40.